The first kappa shape index (κ1) is 11.8. The van der Waals surface area contributed by atoms with Crippen LogP contribution >= 0.6 is 0 Å². The molecule has 1 N–H and O–H groups in total. The number of hydrogen-bond acceptors (Lipinski definition) is 1. The summed E-state index contributed by atoms with van der Waals surface area (Å²) in [4.78, 5) is 3.15. The predicted octanol–water partition coefficient (Wildman–Crippen LogP) is 4.45. The standard InChI is InChI=1S/C16H14FNO/c1-11(12-2-5-14(17)6-3-12)19-15-7-4-13-8-9-18-16(13)10-15/h2-11,18H,1H3. The van der Waals surface area contributed by atoms with Crippen LogP contribution < -0.4 is 4.74 Å². The Balaban J connectivity index is 1.81. The van der Waals surface area contributed by atoms with Crippen molar-refractivity contribution in [1.82, 2.24) is 4.98 Å². The number of benzene rings is 2. The molecule has 1 heterocycles. The Kier molecular flexibility index (Phi) is 2.95. The van der Waals surface area contributed by atoms with Crippen LogP contribution in [0, 0.1) is 5.82 Å². The van der Waals surface area contributed by atoms with Gasteiger partial charge in [0.2, 0.25) is 0 Å². The first-order valence-electron chi connectivity index (χ1n) is 6.21. The van der Waals surface area contributed by atoms with Crippen LogP contribution in [-0.2, 0) is 0 Å². The highest BCUT2D eigenvalue weighted by molar-refractivity contribution is 5.80. The van der Waals surface area contributed by atoms with Gasteiger partial charge in [-0.05, 0) is 48.2 Å². The highest BCUT2D eigenvalue weighted by atomic mass is 19.1. The smallest absolute Gasteiger partial charge is 0.123 e. The summed E-state index contributed by atoms with van der Waals surface area (Å²) in [5, 5.41) is 1.15. The van der Waals surface area contributed by atoms with Crippen molar-refractivity contribution in [2.24, 2.45) is 0 Å². The van der Waals surface area contributed by atoms with Gasteiger partial charge in [-0.2, -0.15) is 0 Å². The SMILES string of the molecule is CC(Oc1ccc2cc[nH]c2c1)c1ccc(F)cc1. The second-order valence-corrected chi connectivity index (χ2v) is 4.54. The Labute approximate surface area is 110 Å². The first-order chi connectivity index (χ1) is 9.22. The number of halogens is 1. The quantitative estimate of drug-likeness (QED) is 0.735. The third-order valence-corrected chi connectivity index (χ3v) is 3.18. The summed E-state index contributed by atoms with van der Waals surface area (Å²) in [6.07, 6.45) is 1.78. The summed E-state index contributed by atoms with van der Waals surface area (Å²) in [7, 11) is 0. The van der Waals surface area contributed by atoms with E-state index in [-0.39, 0.29) is 11.9 Å². The molecule has 0 amide bonds. The molecule has 0 fully saturated rings. The Morgan fingerprint density at radius 2 is 1.84 bits per heavy atom. The molecule has 0 radical (unpaired) electrons. The molecule has 1 unspecified atom stereocenters. The molecule has 0 bridgehead atoms. The predicted molar refractivity (Wildman–Crippen MR) is 73.7 cm³/mol. The molecule has 3 rings (SSSR count). The van der Waals surface area contributed by atoms with Crippen molar-refractivity contribution in [2.45, 2.75) is 13.0 Å². The minimum Gasteiger partial charge on any atom is -0.486 e. The van der Waals surface area contributed by atoms with E-state index in [1.165, 1.54) is 12.1 Å². The molecule has 0 aliphatic heterocycles. The van der Waals surface area contributed by atoms with Crippen LogP contribution in [-0.4, -0.2) is 4.98 Å². The van der Waals surface area contributed by atoms with Crippen LogP contribution in [0.1, 0.15) is 18.6 Å². The normalized spacial score (nSPS) is 12.5. The van der Waals surface area contributed by atoms with Crippen molar-refractivity contribution in [2.75, 3.05) is 0 Å². The number of aromatic amines is 1. The molecule has 0 spiro atoms. The average molecular weight is 255 g/mol. The number of ether oxygens (including phenoxy) is 1. The Hall–Kier alpha value is -2.29. The molecule has 0 saturated heterocycles. The van der Waals surface area contributed by atoms with E-state index in [1.54, 1.807) is 12.1 Å². The maximum Gasteiger partial charge on any atom is 0.123 e. The van der Waals surface area contributed by atoms with Crippen molar-refractivity contribution < 1.29 is 9.13 Å². The molecule has 0 saturated carbocycles. The number of nitrogens with one attached hydrogen (secondary N) is 1. The van der Waals surface area contributed by atoms with Gasteiger partial charge < -0.3 is 9.72 Å². The monoisotopic (exact) mass is 255 g/mol. The Bertz CT molecular complexity index is 687. The molecule has 96 valence electrons. The maximum absolute atomic E-state index is 12.9. The second kappa shape index (κ2) is 4.76. The summed E-state index contributed by atoms with van der Waals surface area (Å²) in [6.45, 7) is 1.95. The molecule has 2 aromatic carbocycles. The molecular weight excluding hydrogens is 241 g/mol. The highest BCUT2D eigenvalue weighted by Crippen LogP contribution is 2.25. The number of hydrogen-bond donors (Lipinski definition) is 1. The molecule has 19 heavy (non-hydrogen) atoms. The second-order valence-electron chi connectivity index (χ2n) is 4.54. The largest absolute Gasteiger partial charge is 0.486 e. The lowest BCUT2D eigenvalue weighted by Gasteiger charge is -2.15. The number of aromatic nitrogens is 1. The van der Waals surface area contributed by atoms with Crippen molar-refractivity contribution in [3.8, 4) is 5.75 Å². The lowest BCUT2D eigenvalue weighted by atomic mass is 10.1. The Morgan fingerprint density at radius 1 is 1.05 bits per heavy atom. The summed E-state index contributed by atoms with van der Waals surface area (Å²) in [6, 6.07) is 14.3. The van der Waals surface area contributed by atoms with Gasteiger partial charge in [-0.15, -0.1) is 0 Å². The van der Waals surface area contributed by atoms with E-state index in [9.17, 15) is 4.39 Å². The third kappa shape index (κ3) is 2.45. The van der Waals surface area contributed by atoms with E-state index >= 15 is 0 Å². The minimum absolute atomic E-state index is 0.118. The highest BCUT2D eigenvalue weighted by Gasteiger charge is 2.08. The van der Waals surface area contributed by atoms with Crippen LogP contribution in [0.5, 0.6) is 5.75 Å². The topological polar surface area (TPSA) is 25.0 Å². The van der Waals surface area contributed by atoms with Gasteiger partial charge in [0.1, 0.15) is 17.7 Å². The zero-order valence-electron chi connectivity index (χ0n) is 10.6. The molecule has 1 aromatic heterocycles. The van der Waals surface area contributed by atoms with E-state index in [2.05, 4.69) is 4.98 Å². The number of fused-ring (bicyclic) bond motifs is 1. The van der Waals surface area contributed by atoms with E-state index in [0.717, 1.165) is 22.2 Å². The molecule has 3 aromatic rings. The summed E-state index contributed by atoms with van der Waals surface area (Å²) in [5.74, 6) is 0.565. The van der Waals surface area contributed by atoms with Gasteiger partial charge in [0.25, 0.3) is 0 Å². The lowest BCUT2D eigenvalue weighted by molar-refractivity contribution is 0.227. The van der Waals surface area contributed by atoms with Crippen LogP contribution in [0.2, 0.25) is 0 Å². The van der Waals surface area contributed by atoms with E-state index in [4.69, 9.17) is 4.74 Å². The molecule has 0 aliphatic rings. The van der Waals surface area contributed by atoms with Crippen molar-refractivity contribution in [1.29, 1.82) is 0 Å². The van der Waals surface area contributed by atoms with Crippen LogP contribution in [0.4, 0.5) is 4.39 Å². The number of rotatable bonds is 3. The van der Waals surface area contributed by atoms with E-state index in [0.29, 0.717) is 0 Å². The fourth-order valence-corrected chi connectivity index (χ4v) is 2.11. The molecular formula is C16H14FNO. The van der Waals surface area contributed by atoms with Gasteiger partial charge in [-0.1, -0.05) is 12.1 Å². The van der Waals surface area contributed by atoms with Crippen molar-refractivity contribution >= 4 is 10.9 Å². The van der Waals surface area contributed by atoms with Gasteiger partial charge in [0.15, 0.2) is 0 Å². The van der Waals surface area contributed by atoms with E-state index in [1.807, 2.05) is 37.4 Å². The molecule has 3 heteroatoms. The summed E-state index contributed by atoms with van der Waals surface area (Å²) >= 11 is 0. The van der Waals surface area contributed by atoms with Crippen molar-refractivity contribution in [3.05, 3.63) is 66.1 Å². The maximum atomic E-state index is 12.9. The van der Waals surface area contributed by atoms with Gasteiger partial charge >= 0.3 is 0 Å². The third-order valence-electron chi connectivity index (χ3n) is 3.18. The van der Waals surface area contributed by atoms with E-state index < -0.39 is 0 Å². The lowest BCUT2D eigenvalue weighted by Crippen LogP contribution is -2.02. The van der Waals surface area contributed by atoms with Crippen LogP contribution in [0.25, 0.3) is 10.9 Å². The van der Waals surface area contributed by atoms with Gasteiger partial charge in [0.05, 0.1) is 0 Å². The minimum atomic E-state index is -0.233. The zero-order chi connectivity index (χ0) is 13.2. The summed E-state index contributed by atoms with van der Waals surface area (Å²) in [5.41, 5.74) is 2.00. The fraction of sp³-hybridized carbons (Fsp3) is 0.125. The fourth-order valence-electron chi connectivity index (χ4n) is 2.11. The average Bonchev–Trinajstić information content (AvgIpc) is 2.87. The van der Waals surface area contributed by atoms with Crippen LogP contribution in [0.15, 0.2) is 54.7 Å². The van der Waals surface area contributed by atoms with Gasteiger partial charge in [0, 0.05) is 17.8 Å². The molecule has 0 aliphatic carbocycles. The molecule has 1 atom stereocenters. The number of H-pyrrole nitrogens is 1. The zero-order valence-corrected chi connectivity index (χ0v) is 10.6. The Morgan fingerprint density at radius 3 is 2.63 bits per heavy atom. The van der Waals surface area contributed by atoms with Crippen LogP contribution in [0.3, 0.4) is 0 Å². The summed E-state index contributed by atoms with van der Waals surface area (Å²) < 4.78 is 18.7. The van der Waals surface area contributed by atoms with Gasteiger partial charge in [-0.25, -0.2) is 4.39 Å². The molecule has 2 nitrogen and oxygen atoms in total. The van der Waals surface area contributed by atoms with Gasteiger partial charge in [-0.3, -0.25) is 0 Å². The first-order valence-corrected chi connectivity index (χ1v) is 6.21. The van der Waals surface area contributed by atoms with Crippen molar-refractivity contribution in [3.63, 3.8) is 0 Å².